The van der Waals surface area contributed by atoms with E-state index in [2.05, 4.69) is 20.8 Å². The molecule has 20 heavy (non-hydrogen) atoms. The molecule has 6 heteroatoms. The molecule has 2 amide bonds. The number of hydrogen-bond donors (Lipinski definition) is 4. The van der Waals surface area contributed by atoms with E-state index in [0.29, 0.717) is 12.2 Å². The lowest BCUT2D eigenvalue weighted by molar-refractivity contribution is 0.199. The van der Waals surface area contributed by atoms with Gasteiger partial charge in [-0.1, -0.05) is 12.1 Å². The summed E-state index contributed by atoms with van der Waals surface area (Å²) in [6.45, 7) is 3.99. The van der Waals surface area contributed by atoms with E-state index in [0.717, 1.165) is 16.8 Å². The van der Waals surface area contributed by atoms with E-state index in [9.17, 15) is 9.90 Å². The number of benzene rings is 1. The van der Waals surface area contributed by atoms with Gasteiger partial charge in [-0.3, -0.25) is 5.10 Å². The van der Waals surface area contributed by atoms with Crippen LogP contribution in [-0.2, 0) is 6.54 Å². The molecule has 0 saturated heterocycles. The van der Waals surface area contributed by atoms with Crippen LogP contribution in [0.5, 0.6) is 0 Å². The second kappa shape index (κ2) is 6.21. The van der Waals surface area contributed by atoms with Crippen LogP contribution in [0.4, 0.5) is 10.5 Å². The van der Waals surface area contributed by atoms with E-state index in [1.165, 1.54) is 0 Å². The van der Waals surface area contributed by atoms with Crippen molar-refractivity contribution < 1.29 is 9.90 Å². The van der Waals surface area contributed by atoms with E-state index in [1.54, 1.807) is 31.3 Å². The highest BCUT2D eigenvalue weighted by Crippen LogP contribution is 2.16. The first-order valence-electron chi connectivity index (χ1n) is 6.38. The summed E-state index contributed by atoms with van der Waals surface area (Å²) in [5, 5.41) is 21.7. The largest absolute Gasteiger partial charge is 0.389 e. The van der Waals surface area contributed by atoms with Gasteiger partial charge in [0.15, 0.2) is 0 Å². The maximum absolute atomic E-state index is 11.8. The zero-order valence-corrected chi connectivity index (χ0v) is 11.5. The summed E-state index contributed by atoms with van der Waals surface area (Å²) >= 11 is 0. The Morgan fingerprint density at radius 2 is 2.30 bits per heavy atom. The molecule has 1 aromatic heterocycles. The number of nitrogens with one attached hydrogen (secondary N) is 3. The van der Waals surface area contributed by atoms with E-state index in [4.69, 9.17) is 0 Å². The molecule has 2 aromatic rings. The molecule has 0 spiro atoms. The summed E-state index contributed by atoms with van der Waals surface area (Å²) in [7, 11) is 0. The number of carbonyl (C=O) groups is 1. The van der Waals surface area contributed by atoms with Crippen LogP contribution >= 0.6 is 0 Å². The molecule has 0 aliphatic rings. The molecule has 0 fully saturated rings. The Labute approximate surface area is 117 Å². The zero-order valence-electron chi connectivity index (χ0n) is 11.5. The van der Waals surface area contributed by atoms with Crippen LogP contribution in [0.15, 0.2) is 30.5 Å². The number of anilines is 1. The molecule has 1 heterocycles. The lowest BCUT2D eigenvalue weighted by Gasteiger charge is -2.10. The normalized spacial score (nSPS) is 11.9. The monoisotopic (exact) mass is 274 g/mol. The number of nitrogens with zero attached hydrogens (tertiary/aromatic N) is 1. The first-order chi connectivity index (χ1) is 9.56. The zero-order chi connectivity index (χ0) is 14.5. The van der Waals surface area contributed by atoms with E-state index in [1.807, 2.05) is 13.0 Å². The van der Waals surface area contributed by atoms with Crippen molar-refractivity contribution >= 4 is 11.7 Å². The minimum atomic E-state index is -0.562. The average Bonchev–Trinajstić information content (AvgIpc) is 2.82. The van der Waals surface area contributed by atoms with Crippen molar-refractivity contribution in [3.8, 4) is 0 Å². The summed E-state index contributed by atoms with van der Waals surface area (Å²) in [5.74, 6) is 0. The van der Waals surface area contributed by atoms with Gasteiger partial charge in [-0.2, -0.15) is 5.10 Å². The second-order valence-electron chi connectivity index (χ2n) is 4.63. The minimum Gasteiger partial charge on any atom is -0.389 e. The molecule has 106 valence electrons. The quantitative estimate of drug-likeness (QED) is 0.688. The Hall–Kier alpha value is -2.34. The predicted molar refractivity (Wildman–Crippen MR) is 76.3 cm³/mol. The smallest absolute Gasteiger partial charge is 0.319 e. The Balaban J connectivity index is 1.91. The van der Waals surface area contributed by atoms with E-state index < -0.39 is 6.10 Å². The molecule has 0 aliphatic carbocycles. The van der Waals surface area contributed by atoms with Crippen molar-refractivity contribution in [2.45, 2.75) is 26.5 Å². The van der Waals surface area contributed by atoms with Gasteiger partial charge in [0.1, 0.15) is 0 Å². The van der Waals surface area contributed by atoms with Gasteiger partial charge in [-0.25, -0.2) is 4.79 Å². The number of hydrogen-bond acceptors (Lipinski definition) is 3. The fraction of sp³-hybridized carbons (Fsp3) is 0.286. The highest BCUT2D eigenvalue weighted by atomic mass is 16.3. The number of aliphatic hydroxyl groups is 1. The SMILES string of the molecule is Cc1[nH]ncc1CNC(=O)Nc1cccc(C(C)O)c1. The van der Waals surface area contributed by atoms with Gasteiger partial charge in [0.05, 0.1) is 12.3 Å². The maximum Gasteiger partial charge on any atom is 0.319 e. The molecular weight excluding hydrogens is 256 g/mol. The minimum absolute atomic E-state index is 0.298. The molecule has 0 radical (unpaired) electrons. The fourth-order valence-electron chi connectivity index (χ4n) is 1.78. The molecule has 4 N–H and O–H groups in total. The van der Waals surface area contributed by atoms with Crippen LogP contribution in [0.1, 0.15) is 29.8 Å². The third kappa shape index (κ3) is 3.58. The number of aromatic amines is 1. The highest BCUT2D eigenvalue weighted by Gasteiger charge is 2.06. The first-order valence-corrected chi connectivity index (χ1v) is 6.38. The molecular formula is C14H18N4O2. The summed E-state index contributed by atoms with van der Waals surface area (Å²) in [6, 6.07) is 6.82. The maximum atomic E-state index is 11.8. The van der Waals surface area contributed by atoms with Gasteiger partial charge >= 0.3 is 6.03 Å². The Morgan fingerprint density at radius 1 is 1.50 bits per heavy atom. The number of aryl methyl sites for hydroxylation is 1. The topological polar surface area (TPSA) is 90.0 Å². The summed E-state index contributed by atoms with van der Waals surface area (Å²) in [5.41, 5.74) is 3.28. The summed E-state index contributed by atoms with van der Waals surface area (Å²) in [4.78, 5) is 11.8. The van der Waals surface area contributed by atoms with Gasteiger partial charge in [-0.05, 0) is 31.5 Å². The van der Waals surface area contributed by atoms with E-state index in [-0.39, 0.29) is 6.03 Å². The molecule has 0 bridgehead atoms. The van der Waals surface area contributed by atoms with Crippen molar-refractivity contribution in [3.05, 3.63) is 47.3 Å². The lowest BCUT2D eigenvalue weighted by atomic mass is 10.1. The molecule has 2 rings (SSSR count). The molecule has 6 nitrogen and oxygen atoms in total. The van der Waals surface area contributed by atoms with Gasteiger partial charge < -0.3 is 15.7 Å². The number of rotatable bonds is 4. The number of aromatic nitrogens is 2. The van der Waals surface area contributed by atoms with Gasteiger partial charge in [-0.15, -0.1) is 0 Å². The van der Waals surface area contributed by atoms with Crippen molar-refractivity contribution in [2.24, 2.45) is 0 Å². The van der Waals surface area contributed by atoms with Gasteiger partial charge in [0.25, 0.3) is 0 Å². The predicted octanol–water partition coefficient (Wildman–Crippen LogP) is 2.09. The van der Waals surface area contributed by atoms with Crippen molar-refractivity contribution in [3.63, 3.8) is 0 Å². The summed E-state index contributed by atoms with van der Waals surface area (Å²) in [6.07, 6.45) is 1.12. The Bertz CT molecular complexity index is 592. The number of amides is 2. The third-order valence-corrected chi connectivity index (χ3v) is 3.00. The standard InChI is InChI=1S/C14H18N4O2/c1-9-12(8-16-18-9)7-15-14(20)17-13-5-3-4-11(6-13)10(2)19/h3-6,8,10,19H,7H2,1-2H3,(H,16,18)(H2,15,17,20). The first kappa shape index (κ1) is 14.1. The van der Waals surface area contributed by atoms with Crippen LogP contribution in [0.25, 0.3) is 0 Å². The molecule has 1 aromatic carbocycles. The molecule has 1 atom stereocenters. The van der Waals surface area contributed by atoms with Crippen LogP contribution in [0.3, 0.4) is 0 Å². The number of aliphatic hydroxyl groups excluding tert-OH is 1. The van der Waals surface area contributed by atoms with Crippen molar-refractivity contribution in [2.75, 3.05) is 5.32 Å². The summed E-state index contributed by atoms with van der Waals surface area (Å²) < 4.78 is 0. The number of H-pyrrole nitrogens is 1. The van der Waals surface area contributed by atoms with Crippen LogP contribution in [0.2, 0.25) is 0 Å². The van der Waals surface area contributed by atoms with Crippen LogP contribution in [0, 0.1) is 6.92 Å². The van der Waals surface area contributed by atoms with Crippen LogP contribution in [-0.4, -0.2) is 21.3 Å². The fourth-order valence-corrected chi connectivity index (χ4v) is 1.78. The van der Waals surface area contributed by atoms with Crippen molar-refractivity contribution in [1.82, 2.24) is 15.5 Å². The third-order valence-electron chi connectivity index (χ3n) is 3.00. The lowest BCUT2D eigenvalue weighted by Crippen LogP contribution is -2.28. The van der Waals surface area contributed by atoms with Crippen molar-refractivity contribution in [1.29, 1.82) is 0 Å². The second-order valence-corrected chi connectivity index (χ2v) is 4.63. The van der Waals surface area contributed by atoms with E-state index >= 15 is 0 Å². The highest BCUT2D eigenvalue weighted by molar-refractivity contribution is 5.89. The van der Waals surface area contributed by atoms with Gasteiger partial charge in [0, 0.05) is 23.5 Å². The van der Waals surface area contributed by atoms with Crippen LogP contribution < -0.4 is 10.6 Å². The average molecular weight is 274 g/mol. The van der Waals surface area contributed by atoms with Gasteiger partial charge in [0.2, 0.25) is 0 Å². The Morgan fingerprint density at radius 3 is 2.95 bits per heavy atom. The number of urea groups is 1. The number of carbonyl (C=O) groups excluding carboxylic acids is 1. The Kier molecular flexibility index (Phi) is 4.37. The molecule has 1 unspecified atom stereocenters. The molecule has 0 aliphatic heterocycles. The molecule has 0 saturated carbocycles.